The van der Waals surface area contributed by atoms with E-state index in [0.717, 1.165) is 28.9 Å². The van der Waals surface area contributed by atoms with Gasteiger partial charge in [-0.25, -0.2) is 4.99 Å². The summed E-state index contributed by atoms with van der Waals surface area (Å²) in [5, 5.41) is 6.93. The summed E-state index contributed by atoms with van der Waals surface area (Å²) in [6.45, 7) is 8.87. The molecule has 204 valence electrons. The monoisotopic (exact) mass is 584 g/mol. The summed E-state index contributed by atoms with van der Waals surface area (Å²) in [4.78, 5) is 33.6. The second kappa shape index (κ2) is 12.4. The lowest BCUT2D eigenvalue weighted by molar-refractivity contribution is -0.115. The summed E-state index contributed by atoms with van der Waals surface area (Å²) in [5.41, 5.74) is 4.09. The quantitative estimate of drug-likeness (QED) is 0.159. The third-order valence-electron chi connectivity index (χ3n) is 6.83. The normalized spacial score (nSPS) is 13.8. The zero-order valence-electron chi connectivity index (χ0n) is 22.3. The number of anilines is 3. The number of fused-ring (bicyclic) bond motifs is 1. The number of rotatable bonds is 8. The van der Waals surface area contributed by atoms with Crippen molar-refractivity contribution in [3.05, 3.63) is 80.8 Å². The van der Waals surface area contributed by atoms with Crippen molar-refractivity contribution in [1.82, 2.24) is 0 Å². The van der Waals surface area contributed by atoms with Gasteiger partial charge in [0, 0.05) is 24.0 Å². The molecule has 0 bridgehead atoms. The maximum absolute atomic E-state index is 13.8. The number of nitrogens with one attached hydrogen (secondary N) is 2. The fourth-order valence-electron chi connectivity index (χ4n) is 4.62. The van der Waals surface area contributed by atoms with Gasteiger partial charge in [-0.2, -0.15) is 0 Å². The van der Waals surface area contributed by atoms with E-state index in [9.17, 15) is 9.59 Å². The van der Waals surface area contributed by atoms with E-state index in [1.807, 2.05) is 49.4 Å². The van der Waals surface area contributed by atoms with E-state index in [1.165, 1.54) is 12.1 Å². The Morgan fingerprint density at radius 1 is 1.00 bits per heavy atom. The Labute approximate surface area is 244 Å². The van der Waals surface area contributed by atoms with E-state index >= 15 is 0 Å². The average molecular weight is 586 g/mol. The number of benzene rings is 3. The van der Waals surface area contributed by atoms with Crippen LogP contribution >= 0.6 is 34.8 Å². The molecule has 1 aliphatic heterocycles. The lowest BCUT2D eigenvalue weighted by Crippen LogP contribution is -2.41. The van der Waals surface area contributed by atoms with E-state index in [-0.39, 0.29) is 26.5 Å². The van der Waals surface area contributed by atoms with Crippen molar-refractivity contribution in [2.24, 2.45) is 10.9 Å². The van der Waals surface area contributed by atoms with Gasteiger partial charge in [0.2, 0.25) is 0 Å². The molecular formula is C30H31Cl3N4O2. The minimum Gasteiger partial charge on any atom is -0.382 e. The third-order valence-corrected chi connectivity index (χ3v) is 7.87. The molecule has 9 heteroatoms. The van der Waals surface area contributed by atoms with Crippen LogP contribution in [0.3, 0.4) is 0 Å². The van der Waals surface area contributed by atoms with Crippen LogP contribution in [0.2, 0.25) is 15.1 Å². The van der Waals surface area contributed by atoms with Crippen molar-refractivity contribution in [2.75, 3.05) is 22.1 Å². The van der Waals surface area contributed by atoms with Gasteiger partial charge >= 0.3 is 0 Å². The Bertz CT molecular complexity index is 1440. The number of para-hydroxylation sites is 1. The summed E-state index contributed by atoms with van der Waals surface area (Å²) >= 11 is 18.5. The predicted molar refractivity (Wildman–Crippen MR) is 163 cm³/mol. The highest BCUT2D eigenvalue weighted by Crippen LogP contribution is 2.33. The van der Waals surface area contributed by atoms with Crippen LogP contribution in [0.1, 0.15) is 38.3 Å². The zero-order valence-corrected chi connectivity index (χ0v) is 24.6. The molecule has 1 unspecified atom stereocenters. The largest absolute Gasteiger partial charge is 0.382 e. The molecule has 2 amide bonds. The molecule has 0 saturated carbocycles. The first kappa shape index (κ1) is 28.9. The Hall–Kier alpha value is -3.06. The zero-order chi connectivity index (χ0) is 28.3. The van der Waals surface area contributed by atoms with Gasteiger partial charge in [-0.05, 0) is 73.2 Å². The van der Waals surface area contributed by atoms with Crippen LogP contribution in [0.5, 0.6) is 0 Å². The maximum atomic E-state index is 13.8. The number of nitrogens with zero attached hydrogens (tertiary/aromatic N) is 2. The molecular weight excluding hydrogens is 555 g/mol. The van der Waals surface area contributed by atoms with E-state index in [2.05, 4.69) is 36.4 Å². The lowest BCUT2D eigenvalue weighted by atomic mass is 10.0. The van der Waals surface area contributed by atoms with Gasteiger partial charge in [-0.15, -0.1) is 0 Å². The van der Waals surface area contributed by atoms with Gasteiger partial charge in [0.15, 0.2) is 5.71 Å². The number of amides is 2. The third kappa shape index (κ3) is 6.57. The number of hydrogen-bond acceptors (Lipinski definition) is 4. The lowest BCUT2D eigenvalue weighted by Gasteiger charge is -2.22. The van der Waals surface area contributed by atoms with E-state index in [1.54, 1.807) is 4.90 Å². The van der Waals surface area contributed by atoms with Crippen LogP contribution in [0.4, 0.5) is 22.7 Å². The molecule has 6 nitrogen and oxygen atoms in total. The van der Waals surface area contributed by atoms with E-state index in [0.29, 0.717) is 30.6 Å². The average Bonchev–Trinajstić information content (AvgIpc) is 3.33. The van der Waals surface area contributed by atoms with E-state index < -0.39 is 11.8 Å². The molecule has 2 N–H and O–H groups in total. The molecule has 0 radical (unpaired) electrons. The van der Waals surface area contributed by atoms with Crippen LogP contribution in [0.15, 0.2) is 59.6 Å². The standard InChI is InChI=1S/C30H31Cl3N4O2/c1-5-24(17(2)3)34-20-10-11-25(18(4)14-20)35-28(29(38)36-26-16-22(32)21(31)15-23(26)33)30(39)37-13-12-19-8-6-7-9-27(19)37/h6-11,14-17,24,34H,5,12-13H2,1-4H3,(H,36,38). The molecule has 4 rings (SSSR count). The maximum Gasteiger partial charge on any atom is 0.282 e. The van der Waals surface area contributed by atoms with Crippen LogP contribution in [-0.4, -0.2) is 30.1 Å². The summed E-state index contributed by atoms with van der Waals surface area (Å²) in [6.07, 6.45) is 1.69. The highest BCUT2D eigenvalue weighted by atomic mass is 35.5. The molecule has 39 heavy (non-hydrogen) atoms. The van der Waals surface area contributed by atoms with Gasteiger partial charge in [-0.3, -0.25) is 9.59 Å². The summed E-state index contributed by atoms with van der Waals surface area (Å²) in [7, 11) is 0. The molecule has 3 aromatic rings. The first-order valence-electron chi connectivity index (χ1n) is 12.9. The van der Waals surface area contributed by atoms with Crippen molar-refractivity contribution in [2.45, 2.75) is 46.6 Å². The molecule has 1 heterocycles. The molecule has 1 atom stereocenters. The number of halogens is 3. The molecule has 1 aliphatic rings. The van der Waals surface area contributed by atoms with Gasteiger partial charge in [0.25, 0.3) is 11.8 Å². The fraction of sp³-hybridized carbons (Fsp3) is 0.300. The Kier molecular flexibility index (Phi) is 9.21. The first-order valence-corrected chi connectivity index (χ1v) is 14.0. The second-order valence-electron chi connectivity index (χ2n) is 9.90. The molecule has 0 fully saturated rings. The van der Waals surface area contributed by atoms with Crippen molar-refractivity contribution >= 4 is 75.1 Å². The molecule has 3 aromatic carbocycles. The molecule has 0 aromatic heterocycles. The van der Waals surface area contributed by atoms with Gasteiger partial charge in [-0.1, -0.05) is 73.8 Å². The number of aryl methyl sites for hydroxylation is 1. The highest BCUT2D eigenvalue weighted by molar-refractivity contribution is 6.69. The smallest absolute Gasteiger partial charge is 0.282 e. The highest BCUT2D eigenvalue weighted by Gasteiger charge is 2.32. The SMILES string of the molecule is CCC(Nc1ccc(N=C(C(=O)Nc2cc(Cl)c(Cl)cc2Cl)C(=O)N2CCc3ccccc32)c(C)c1)C(C)C. The predicted octanol–water partition coefficient (Wildman–Crippen LogP) is 8.10. The van der Waals surface area contributed by atoms with Gasteiger partial charge < -0.3 is 15.5 Å². The van der Waals surface area contributed by atoms with E-state index in [4.69, 9.17) is 34.8 Å². The topological polar surface area (TPSA) is 73.8 Å². The number of carbonyl (C=O) groups is 2. The minimum atomic E-state index is -0.697. The molecule has 0 spiro atoms. The van der Waals surface area contributed by atoms with Crippen LogP contribution in [0, 0.1) is 12.8 Å². The van der Waals surface area contributed by atoms with Gasteiger partial charge in [0.1, 0.15) is 0 Å². The van der Waals surface area contributed by atoms with Crippen molar-refractivity contribution in [3.63, 3.8) is 0 Å². The molecule has 0 aliphatic carbocycles. The Morgan fingerprint density at radius 3 is 2.41 bits per heavy atom. The summed E-state index contributed by atoms with van der Waals surface area (Å²) < 4.78 is 0. The molecule has 0 saturated heterocycles. The minimum absolute atomic E-state index is 0.193. The Morgan fingerprint density at radius 2 is 1.72 bits per heavy atom. The number of aliphatic imine (C=N–C) groups is 1. The summed E-state index contributed by atoms with van der Waals surface area (Å²) in [5.74, 6) is -0.726. The van der Waals surface area contributed by atoms with Crippen molar-refractivity contribution < 1.29 is 9.59 Å². The fourth-order valence-corrected chi connectivity index (χ4v) is 5.21. The first-order chi connectivity index (χ1) is 18.6. The van der Waals surface area contributed by atoms with Crippen molar-refractivity contribution in [1.29, 1.82) is 0 Å². The van der Waals surface area contributed by atoms with Crippen LogP contribution < -0.4 is 15.5 Å². The Balaban J connectivity index is 1.71. The second-order valence-corrected chi connectivity index (χ2v) is 11.1. The number of carbonyl (C=O) groups excluding carboxylic acids is 2. The number of hydrogen-bond donors (Lipinski definition) is 2. The summed E-state index contributed by atoms with van der Waals surface area (Å²) in [6, 6.07) is 16.6. The van der Waals surface area contributed by atoms with Gasteiger partial charge in [0.05, 0.1) is 26.4 Å². The van der Waals surface area contributed by atoms with Crippen molar-refractivity contribution in [3.8, 4) is 0 Å². The van der Waals surface area contributed by atoms with Crippen LogP contribution in [-0.2, 0) is 16.0 Å². The van der Waals surface area contributed by atoms with Crippen LogP contribution in [0.25, 0.3) is 0 Å².